The summed E-state index contributed by atoms with van der Waals surface area (Å²) in [5, 5.41) is 7.48. The van der Waals surface area contributed by atoms with Gasteiger partial charge >= 0.3 is 0 Å². The average molecular weight is 402 g/mol. The van der Waals surface area contributed by atoms with Crippen LogP contribution in [0, 0.1) is 0 Å². The Morgan fingerprint density at radius 3 is 2.64 bits per heavy atom. The van der Waals surface area contributed by atoms with E-state index < -0.39 is 5.67 Å². The van der Waals surface area contributed by atoms with Crippen LogP contribution in [0.3, 0.4) is 0 Å². The molecule has 0 aliphatic heterocycles. The van der Waals surface area contributed by atoms with Gasteiger partial charge in [0.2, 0.25) is 0 Å². The summed E-state index contributed by atoms with van der Waals surface area (Å²) in [6.07, 6.45) is 5.96. The third-order valence-electron chi connectivity index (χ3n) is 6.37. The van der Waals surface area contributed by atoms with Gasteiger partial charge in [-0.1, -0.05) is 0 Å². The van der Waals surface area contributed by atoms with Gasteiger partial charge < -0.3 is 10.7 Å². The lowest BCUT2D eigenvalue weighted by molar-refractivity contribution is 0.103. The van der Waals surface area contributed by atoms with Crippen molar-refractivity contribution in [1.82, 2.24) is 24.7 Å². The molecule has 0 aromatic carbocycles. The highest BCUT2D eigenvalue weighted by molar-refractivity contribution is 7.13. The van der Waals surface area contributed by atoms with Crippen LogP contribution in [0.4, 0.5) is 9.52 Å². The van der Waals surface area contributed by atoms with Gasteiger partial charge in [-0.15, -0.1) is 11.3 Å². The molecule has 0 bridgehead atoms. The number of hydrogen-bond acceptors (Lipinski definition) is 6. The second-order valence-corrected chi connectivity index (χ2v) is 9.21. The Bertz CT molecular complexity index is 1080. The molecular weight excluding hydrogens is 379 g/mol. The Morgan fingerprint density at radius 2 is 2.00 bits per heavy atom. The van der Waals surface area contributed by atoms with Gasteiger partial charge in [0.05, 0.1) is 17.9 Å². The van der Waals surface area contributed by atoms with E-state index in [9.17, 15) is 9.18 Å². The van der Waals surface area contributed by atoms with Crippen LogP contribution >= 0.6 is 11.3 Å². The number of H-pyrrole nitrogens is 1. The molecule has 3 aromatic rings. The number of nitrogens with two attached hydrogens (primary N) is 1. The lowest BCUT2D eigenvalue weighted by Gasteiger charge is -2.34. The van der Waals surface area contributed by atoms with Crippen molar-refractivity contribution in [3.63, 3.8) is 0 Å². The molecule has 0 radical (unpaired) electrons. The smallest absolute Gasteiger partial charge is 0.262 e. The predicted molar refractivity (Wildman–Crippen MR) is 106 cm³/mol. The predicted octanol–water partition coefficient (Wildman–Crippen LogP) is 3.66. The minimum absolute atomic E-state index is 0.0824. The maximum absolute atomic E-state index is 14.2. The first-order valence-electron chi connectivity index (χ1n) is 9.78. The molecule has 9 heteroatoms. The van der Waals surface area contributed by atoms with Crippen LogP contribution in [-0.2, 0) is 0 Å². The summed E-state index contributed by atoms with van der Waals surface area (Å²) in [6.45, 7) is 1.66. The van der Waals surface area contributed by atoms with E-state index in [1.54, 1.807) is 13.1 Å². The third-order valence-corrected chi connectivity index (χ3v) is 7.06. The molecule has 2 aliphatic rings. The SMILES string of the molecule is CC1(F)CCC(n2ncc3c(=O)[nH]c([C@H]4CC[C@H]4c4csc(N)n4)nc32)CC1. The fraction of sp³-hybridized carbons (Fsp3) is 0.579. The summed E-state index contributed by atoms with van der Waals surface area (Å²) in [7, 11) is 0. The minimum Gasteiger partial charge on any atom is -0.375 e. The summed E-state index contributed by atoms with van der Waals surface area (Å²) in [5.74, 6) is 1.04. The van der Waals surface area contributed by atoms with Gasteiger partial charge in [-0.05, 0) is 45.4 Å². The first-order valence-corrected chi connectivity index (χ1v) is 10.7. The van der Waals surface area contributed by atoms with Crippen molar-refractivity contribution in [1.29, 1.82) is 0 Å². The number of halogens is 1. The van der Waals surface area contributed by atoms with Crippen molar-refractivity contribution in [2.75, 3.05) is 5.73 Å². The molecule has 0 saturated heterocycles. The Morgan fingerprint density at radius 1 is 1.25 bits per heavy atom. The summed E-state index contributed by atoms with van der Waals surface area (Å²) < 4.78 is 16.0. The molecule has 2 atom stereocenters. The highest BCUT2D eigenvalue weighted by atomic mass is 32.1. The first kappa shape index (κ1) is 17.8. The second kappa shape index (κ2) is 6.37. The van der Waals surface area contributed by atoms with Crippen molar-refractivity contribution in [3.8, 4) is 0 Å². The number of nitrogens with one attached hydrogen (secondary N) is 1. The standard InChI is InChI=1S/C19H23FN6OS/c1-19(20)6-4-10(5-7-19)26-16-13(8-22-26)17(27)25-15(24-16)12-3-2-11(12)14-9-28-18(21)23-14/h8-12H,2-7H2,1H3,(H2,21,23)(H,24,25,27)/t10?,11-,12+,19?/m1/s1. The van der Waals surface area contributed by atoms with E-state index in [4.69, 9.17) is 10.7 Å². The molecule has 0 amide bonds. The van der Waals surface area contributed by atoms with Crippen molar-refractivity contribution < 1.29 is 4.39 Å². The molecular formula is C19H23FN6OS. The van der Waals surface area contributed by atoms with Gasteiger partial charge in [-0.3, -0.25) is 4.79 Å². The quantitative estimate of drug-likeness (QED) is 0.696. The molecule has 3 heterocycles. The largest absolute Gasteiger partial charge is 0.375 e. The number of nitrogens with zero attached hydrogens (tertiary/aromatic N) is 4. The monoisotopic (exact) mass is 402 g/mol. The molecule has 2 saturated carbocycles. The molecule has 0 unspecified atom stereocenters. The molecule has 3 aromatic heterocycles. The fourth-order valence-corrected chi connectivity index (χ4v) is 5.12. The van der Waals surface area contributed by atoms with E-state index in [1.165, 1.54) is 11.3 Å². The van der Waals surface area contributed by atoms with Crippen molar-refractivity contribution >= 4 is 27.5 Å². The average Bonchev–Trinajstić information content (AvgIpc) is 3.21. The van der Waals surface area contributed by atoms with Gasteiger partial charge in [0.1, 0.15) is 16.9 Å². The number of hydrogen-bond donors (Lipinski definition) is 2. The zero-order valence-corrected chi connectivity index (χ0v) is 16.5. The molecule has 28 heavy (non-hydrogen) atoms. The van der Waals surface area contributed by atoms with Gasteiger partial charge in [0.15, 0.2) is 10.8 Å². The summed E-state index contributed by atoms with van der Waals surface area (Å²) in [6, 6.07) is 0.0824. The highest BCUT2D eigenvalue weighted by Gasteiger charge is 2.37. The number of fused-ring (bicyclic) bond motifs is 1. The Labute approximate surface area is 165 Å². The summed E-state index contributed by atoms with van der Waals surface area (Å²) in [4.78, 5) is 24.8. The van der Waals surface area contributed by atoms with E-state index in [2.05, 4.69) is 15.1 Å². The topological polar surface area (TPSA) is 102 Å². The molecule has 2 aliphatic carbocycles. The van der Waals surface area contributed by atoms with Crippen molar-refractivity contribution in [2.24, 2.45) is 0 Å². The Hall–Kier alpha value is -2.29. The molecule has 5 rings (SSSR count). The van der Waals surface area contributed by atoms with Crippen molar-refractivity contribution in [3.05, 3.63) is 33.4 Å². The van der Waals surface area contributed by atoms with Gasteiger partial charge in [-0.2, -0.15) is 5.10 Å². The number of nitrogen functional groups attached to an aromatic ring is 1. The minimum atomic E-state index is -1.11. The maximum Gasteiger partial charge on any atom is 0.262 e. The van der Waals surface area contributed by atoms with E-state index in [0.29, 0.717) is 47.7 Å². The van der Waals surface area contributed by atoms with E-state index in [0.717, 1.165) is 18.5 Å². The number of rotatable bonds is 3. The number of aromatic nitrogens is 5. The Kier molecular flexibility index (Phi) is 4.04. The Balaban J connectivity index is 1.49. The molecule has 7 nitrogen and oxygen atoms in total. The third kappa shape index (κ3) is 2.92. The van der Waals surface area contributed by atoms with Crippen LogP contribution in [0.2, 0.25) is 0 Å². The maximum atomic E-state index is 14.2. The van der Waals surface area contributed by atoms with Crippen LogP contribution in [0.25, 0.3) is 11.0 Å². The molecule has 0 spiro atoms. The van der Waals surface area contributed by atoms with Crippen LogP contribution in [0.5, 0.6) is 0 Å². The van der Waals surface area contributed by atoms with Crippen LogP contribution < -0.4 is 11.3 Å². The van der Waals surface area contributed by atoms with E-state index in [1.807, 2.05) is 10.1 Å². The number of anilines is 1. The van der Waals surface area contributed by atoms with Crippen molar-refractivity contribution in [2.45, 2.75) is 69.0 Å². The molecule has 2 fully saturated rings. The van der Waals surface area contributed by atoms with Crippen LogP contribution in [-0.4, -0.2) is 30.4 Å². The summed E-state index contributed by atoms with van der Waals surface area (Å²) in [5.41, 5.74) is 6.09. The molecule has 148 valence electrons. The first-order chi connectivity index (χ1) is 13.4. The lowest BCUT2D eigenvalue weighted by Crippen LogP contribution is -2.29. The van der Waals surface area contributed by atoms with Gasteiger partial charge in [-0.25, -0.2) is 19.0 Å². The van der Waals surface area contributed by atoms with Gasteiger partial charge in [0.25, 0.3) is 5.56 Å². The lowest BCUT2D eigenvalue weighted by atomic mass is 9.71. The summed E-state index contributed by atoms with van der Waals surface area (Å²) >= 11 is 1.44. The highest BCUT2D eigenvalue weighted by Crippen LogP contribution is 2.48. The van der Waals surface area contributed by atoms with Crippen LogP contribution in [0.15, 0.2) is 16.4 Å². The van der Waals surface area contributed by atoms with Crippen LogP contribution in [0.1, 0.15) is 74.8 Å². The van der Waals surface area contributed by atoms with E-state index >= 15 is 0 Å². The number of thiazole rings is 1. The zero-order valence-electron chi connectivity index (χ0n) is 15.7. The number of alkyl halides is 1. The zero-order chi connectivity index (χ0) is 19.5. The second-order valence-electron chi connectivity index (χ2n) is 8.32. The fourth-order valence-electron chi connectivity index (χ4n) is 4.50. The molecule has 3 N–H and O–H groups in total. The number of aromatic amines is 1. The van der Waals surface area contributed by atoms with E-state index in [-0.39, 0.29) is 23.4 Å². The van der Waals surface area contributed by atoms with Gasteiger partial charge in [0, 0.05) is 17.2 Å². The normalized spacial score (nSPS) is 30.4.